The molecule has 5 heteroatoms. The SMILES string of the molecule is CCOc1ccc(-n2c(C)cc(/C=C/[N+](=O)[O-])c2C)cc1. The van der Waals surface area contributed by atoms with Crippen molar-refractivity contribution in [2.45, 2.75) is 20.8 Å². The molecule has 0 atom stereocenters. The van der Waals surface area contributed by atoms with Crippen molar-refractivity contribution in [2.24, 2.45) is 0 Å². The van der Waals surface area contributed by atoms with E-state index in [-0.39, 0.29) is 0 Å². The van der Waals surface area contributed by atoms with Gasteiger partial charge in [0.1, 0.15) is 5.75 Å². The molecule has 2 rings (SSSR count). The molecule has 21 heavy (non-hydrogen) atoms. The Bertz CT molecular complexity index is 670. The minimum absolute atomic E-state index is 0.455. The van der Waals surface area contributed by atoms with E-state index in [1.807, 2.05) is 51.1 Å². The monoisotopic (exact) mass is 286 g/mol. The van der Waals surface area contributed by atoms with Crippen molar-refractivity contribution < 1.29 is 9.66 Å². The van der Waals surface area contributed by atoms with Crippen LogP contribution in [0.1, 0.15) is 23.9 Å². The van der Waals surface area contributed by atoms with Gasteiger partial charge in [0.05, 0.1) is 11.5 Å². The maximum absolute atomic E-state index is 10.4. The van der Waals surface area contributed by atoms with Crippen LogP contribution in [0.5, 0.6) is 5.75 Å². The van der Waals surface area contributed by atoms with Gasteiger partial charge in [-0.15, -0.1) is 0 Å². The van der Waals surface area contributed by atoms with Crippen molar-refractivity contribution in [1.82, 2.24) is 4.57 Å². The number of hydrogen-bond donors (Lipinski definition) is 0. The quantitative estimate of drug-likeness (QED) is 0.621. The maximum Gasteiger partial charge on any atom is 0.235 e. The van der Waals surface area contributed by atoms with Crippen LogP contribution in [0.4, 0.5) is 0 Å². The highest BCUT2D eigenvalue weighted by molar-refractivity contribution is 5.56. The number of aromatic nitrogens is 1. The van der Waals surface area contributed by atoms with E-state index >= 15 is 0 Å². The van der Waals surface area contributed by atoms with Crippen molar-refractivity contribution >= 4 is 6.08 Å². The molecule has 0 aliphatic heterocycles. The second-order valence-corrected chi connectivity index (χ2v) is 4.69. The predicted octanol–water partition coefficient (Wildman–Crippen LogP) is 3.74. The van der Waals surface area contributed by atoms with Gasteiger partial charge in [-0.1, -0.05) is 0 Å². The minimum atomic E-state index is -0.455. The first kappa shape index (κ1) is 14.8. The Balaban J connectivity index is 2.37. The lowest BCUT2D eigenvalue weighted by Gasteiger charge is -2.10. The molecule has 0 radical (unpaired) electrons. The van der Waals surface area contributed by atoms with Gasteiger partial charge in [0, 0.05) is 28.7 Å². The van der Waals surface area contributed by atoms with E-state index in [9.17, 15) is 10.1 Å². The zero-order valence-electron chi connectivity index (χ0n) is 12.4. The van der Waals surface area contributed by atoms with E-state index in [0.29, 0.717) is 6.61 Å². The third-order valence-electron chi connectivity index (χ3n) is 3.25. The Hall–Kier alpha value is -2.56. The molecule has 0 unspecified atom stereocenters. The molecule has 0 aliphatic rings. The van der Waals surface area contributed by atoms with Gasteiger partial charge >= 0.3 is 0 Å². The van der Waals surface area contributed by atoms with Gasteiger partial charge in [-0.2, -0.15) is 0 Å². The third kappa shape index (κ3) is 3.31. The van der Waals surface area contributed by atoms with Crippen molar-refractivity contribution in [3.8, 4) is 11.4 Å². The number of nitrogens with zero attached hydrogens (tertiary/aromatic N) is 2. The second-order valence-electron chi connectivity index (χ2n) is 4.69. The molecular weight excluding hydrogens is 268 g/mol. The fourth-order valence-corrected chi connectivity index (χ4v) is 2.35. The highest BCUT2D eigenvalue weighted by atomic mass is 16.6. The largest absolute Gasteiger partial charge is 0.494 e. The second kappa shape index (κ2) is 6.26. The lowest BCUT2D eigenvalue weighted by atomic mass is 10.2. The summed E-state index contributed by atoms with van der Waals surface area (Å²) >= 11 is 0. The predicted molar refractivity (Wildman–Crippen MR) is 82.4 cm³/mol. The summed E-state index contributed by atoms with van der Waals surface area (Å²) in [5, 5.41) is 10.4. The van der Waals surface area contributed by atoms with Crippen LogP contribution >= 0.6 is 0 Å². The molecule has 0 N–H and O–H groups in total. The molecule has 0 amide bonds. The highest BCUT2D eigenvalue weighted by Gasteiger charge is 2.09. The van der Waals surface area contributed by atoms with Crippen molar-refractivity contribution in [3.63, 3.8) is 0 Å². The van der Waals surface area contributed by atoms with Crippen molar-refractivity contribution in [1.29, 1.82) is 0 Å². The molecular formula is C16H18N2O3. The van der Waals surface area contributed by atoms with Gasteiger partial charge in [-0.05, 0) is 51.1 Å². The summed E-state index contributed by atoms with van der Waals surface area (Å²) in [6.07, 6.45) is 2.48. The molecule has 110 valence electrons. The van der Waals surface area contributed by atoms with Crippen LogP contribution in [0, 0.1) is 24.0 Å². The molecule has 1 heterocycles. The van der Waals surface area contributed by atoms with Crippen molar-refractivity contribution in [3.05, 3.63) is 63.6 Å². The zero-order valence-corrected chi connectivity index (χ0v) is 12.4. The first-order valence-corrected chi connectivity index (χ1v) is 6.76. The number of rotatable bonds is 5. The van der Waals surface area contributed by atoms with Gasteiger partial charge in [0.25, 0.3) is 0 Å². The lowest BCUT2D eigenvalue weighted by molar-refractivity contribution is -0.400. The molecule has 0 spiro atoms. The van der Waals surface area contributed by atoms with Gasteiger partial charge in [-0.25, -0.2) is 0 Å². The molecule has 1 aromatic heterocycles. The third-order valence-corrected chi connectivity index (χ3v) is 3.25. The summed E-state index contributed by atoms with van der Waals surface area (Å²) < 4.78 is 7.50. The van der Waals surface area contributed by atoms with E-state index in [2.05, 4.69) is 4.57 Å². The van der Waals surface area contributed by atoms with E-state index in [1.165, 1.54) is 6.08 Å². The maximum atomic E-state index is 10.4. The van der Waals surface area contributed by atoms with E-state index in [4.69, 9.17) is 4.74 Å². The highest BCUT2D eigenvalue weighted by Crippen LogP contribution is 2.23. The molecule has 0 bridgehead atoms. The number of aryl methyl sites for hydroxylation is 1. The normalized spacial score (nSPS) is 11.0. The van der Waals surface area contributed by atoms with Crippen LogP contribution in [0.25, 0.3) is 11.8 Å². The number of nitro groups is 1. The van der Waals surface area contributed by atoms with E-state index in [1.54, 1.807) is 0 Å². The number of hydrogen-bond acceptors (Lipinski definition) is 3. The summed E-state index contributed by atoms with van der Waals surface area (Å²) in [7, 11) is 0. The average molecular weight is 286 g/mol. The van der Waals surface area contributed by atoms with Gasteiger partial charge in [-0.3, -0.25) is 10.1 Å². The first-order chi connectivity index (χ1) is 10.0. The van der Waals surface area contributed by atoms with Crippen LogP contribution in [-0.4, -0.2) is 16.1 Å². The number of ether oxygens (including phenoxy) is 1. The zero-order chi connectivity index (χ0) is 15.4. The van der Waals surface area contributed by atoms with Crippen LogP contribution in [-0.2, 0) is 0 Å². The minimum Gasteiger partial charge on any atom is -0.494 e. The van der Waals surface area contributed by atoms with Gasteiger partial charge in [0.2, 0.25) is 6.20 Å². The molecule has 0 saturated heterocycles. The van der Waals surface area contributed by atoms with Crippen LogP contribution in [0.2, 0.25) is 0 Å². The molecule has 5 nitrogen and oxygen atoms in total. The lowest BCUT2D eigenvalue weighted by Crippen LogP contribution is -1.99. The summed E-state index contributed by atoms with van der Waals surface area (Å²) in [5.41, 5.74) is 3.85. The van der Waals surface area contributed by atoms with Gasteiger partial charge < -0.3 is 9.30 Å². The summed E-state index contributed by atoms with van der Waals surface area (Å²) in [6, 6.07) is 9.73. The van der Waals surface area contributed by atoms with E-state index < -0.39 is 4.92 Å². The summed E-state index contributed by atoms with van der Waals surface area (Å²) in [4.78, 5) is 9.99. The molecule has 0 fully saturated rings. The molecule has 0 aliphatic carbocycles. The Morgan fingerprint density at radius 2 is 1.95 bits per heavy atom. The molecule has 1 aromatic carbocycles. The van der Waals surface area contributed by atoms with Crippen LogP contribution in [0.15, 0.2) is 36.5 Å². The topological polar surface area (TPSA) is 57.3 Å². The smallest absolute Gasteiger partial charge is 0.235 e. The summed E-state index contributed by atoms with van der Waals surface area (Å²) in [6.45, 7) is 6.51. The summed E-state index contributed by atoms with van der Waals surface area (Å²) in [5.74, 6) is 0.831. The van der Waals surface area contributed by atoms with E-state index in [0.717, 1.165) is 34.6 Å². The standard InChI is InChI=1S/C16H18N2O3/c1-4-21-16-7-5-15(6-8-16)18-12(2)11-14(13(18)3)9-10-17(19)20/h5-11H,4H2,1-3H3/b10-9+. The first-order valence-electron chi connectivity index (χ1n) is 6.76. The molecule has 2 aromatic rings. The van der Waals surface area contributed by atoms with Crippen molar-refractivity contribution in [2.75, 3.05) is 6.61 Å². The Morgan fingerprint density at radius 1 is 1.29 bits per heavy atom. The van der Waals surface area contributed by atoms with Crippen LogP contribution < -0.4 is 4.74 Å². The van der Waals surface area contributed by atoms with Crippen LogP contribution in [0.3, 0.4) is 0 Å². The Kier molecular flexibility index (Phi) is 4.42. The molecule has 0 saturated carbocycles. The Morgan fingerprint density at radius 3 is 2.52 bits per heavy atom. The number of benzene rings is 1. The average Bonchev–Trinajstić information content (AvgIpc) is 2.73. The Labute approximate surface area is 123 Å². The fraction of sp³-hybridized carbons (Fsp3) is 0.250. The fourth-order valence-electron chi connectivity index (χ4n) is 2.35. The van der Waals surface area contributed by atoms with Gasteiger partial charge in [0.15, 0.2) is 0 Å².